The lowest BCUT2D eigenvalue weighted by Crippen LogP contribution is -2.00. The molecule has 0 radical (unpaired) electrons. The third-order valence-electron chi connectivity index (χ3n) is 3.23. The van der Waals surface area contributed by atoms with Gasteiger partial charge in [0.2, 0.25) is 0 Å². The number of anilines is 1. The summed E-state index contributed by atoms with van der Waals surface area (Å²) in [6.07, 6.45) is 2.11. The maximum atomic E-state index is 5.73. The number of nitrogens with zero attached hydrogens (tertiary/aromatic N) is 1. The third-order valence-corrected chi connectivity index (χ3v) is 3.23. The number of hydrogen-bond acceptors (Lipinski definition) is 1. The summed E-state index contributed by atoms with van der Waals surface area (Å²) in [5.74, 6) is 0. The summed E-state index contributed by atoms with van der Waals surface area (Å²) in [7, 11) is 0. The van der Waals surface area contributed by atoms with Crippen LogP contribution in [0, 0.1) is 0 Å². The van der Waals surface area contributed by atoms with Crippen molar-refractivity contribution in [3.8, 4) is 11.3 Å². The summed E-state index contributed by atoms with van der Waals surface area (Å²) < 4.78 is 2.25. The molecule has 0 saturated heterocycles. The fraction of sp³-hybridized carbons (Fsp3) is 0.0588. The van der Waals surface area contributed by atoms with Crippen LogP contribution in [0.25, 0.3) is 11.3 Å². The molecule has 2 N–H and O–H groups in total. The lowest BCUT2D eigenvalue weighted by Gasteiger charge is -2.10. The second-order valence-electron chi connectivity index (χ2n) is 4.63. The highest BCUT2D eigenvalue weighted by atomic mass is 15.0. The average molecular weight is 248 g/mol. The molecule has 3 aromatic rings. The van der Waals surface area contributed by atoms with Crippen molar-refractivity contribution in [1.82, 2.24) is 4.57 Å². The molecule has 0 fully saturated rings. The average Bonchev–Trinajstić information content (AvgIpc) is 2.89. The molecule has 2 nitrogen and oxygen atoms in total. The zero-order chi connectivity index (χ0) is 13.1. The minimum absolute atomic E-state index is 0.796. The lowest BCUT2D eigenvalue weighted by molar-refractivity contribution is 0.814. The number of nitrogens with two attached hydrogens (primary N) is 1. The first-order valence-corrected chi connectivity index (χ1v) is 6.38. The molecule has 19 heavy (non-hydrogen) atoms. The zero-order valence-corrected chi connectivity index (χ0v) is 10.7. The first kappa shape index (κ1) is 11.6. The molecule has 0 aliphatic heterocycles. The normalized spacial score (nSPS) is 10.5. The molecule has 0 atom stereocenters. The van der Waals surface area contributed by atoms with Gasteiger partial charge in [0.05, 0.1) is 0 Å². The number of nitrogen functional groups attached to an aromatic ring is 1. The van der Waals surface area contributed by atoms with Crippen molar-refractivity contribution < 1.29 is 0 Å². The maximum absolute atomic E-state index is 5.73. The van der Waals surface area contributed by atoms with E-state index in [1.165, 1.54) is 16.8 Å². The molecule has 94 valence electrons. The van der Waals surface area contributed by atoms with E-state index < -0.39 is 0 Å². The van der Waals surface area contributed by atoms with Crippen LogP contribution < -0.4 is 5.73 Å². The fourth-order valence-corrected chi connectivity index (χ4v) is 2.25. The summed E-state index contributed by atoms with van der Waals surface area (Å²) in [6, 6.07) is 22.7. The van der Waals surface area contributed by atoms with Crippen molar-refractivity contribution >= 4 is 5.69 Å². The maximum Gasteiger partial charge on any atom is 0.0483 e. The summed E-state index contributed by atoms with van der Waals surface area (Å²) in [5, 5.41) is 0. The third kappa shape index (κ3) is 2.52. The second kappa shape index (κ2) is 5.02. The highest BCUT2D eigenvalue weighted by molar-refractivity contribution is 5.62. The Morgan fingerprint density at radius 3 is 2.26 bits per heavy atom. The number of hydrogen-bond donors (Lipinski definition) is 1. The van der Waals surface area contributed by atoms with Gasteiger partial charge in [0, 0.05) is 24.1 Å². The molecule has 0 aliphatic carbocycles. The van der Waals surface area contributed by atoms with Gasteiger partial charge in [0.15, 0.2) is 0 Å². The van der Waals surface area contributed by atoms with Crippen molar-refractivity contribution in [2.24, 2.45) is 0 Å². The molecule has 0 saturated carbocycles. The Labute approximate surface area is 113 Å². The van der Waals surface area contributed by atoms with Gasteiger partial charge in [-0.2, -0.15) is 0 Å². The smallest absolute Gasteiger partial charge is 0.0483 e. The topological polar surface area (TPSA) is 30.9 Å². The van der Waals surface area contributed by atoms with Crippen molar-refractivity contribution in [2.75, 3.05) is 5.73 Å². The van der Waals surface area contributed by atoms with E-state index in [4.69, 9.17) is 5.73 Å². The quantitative estimate of drug-likeness (QED) is 0.702. The Morgan fingerprint density at radius 2 is 1.53 bits per heavy atom. The van der Waals surface area contributed by atoms with Crippen molar-refractivity contribution in [1.29, 1.82) is 0 Å². The van der Waals surface area contributed by atoms with E-state index in [9.17, 15) is 0 Å². The molecule has 1 aromatic heterocycles. The van der Waals surface area contributed by atoms with Gasteiger partial charge in [-0.25, -0.2) is 0 Å². The molecular weight excluding hydrogens is 232 g/mol. The van der Waals surface area contributed by atoms with E-state index in [2.05, 4.69) is 59.3 Å². The van der Waals surface area contributed by atoms with E-state index >= 15 is 0 Å². The minimum Gasteiger partial charge on any atom is -0.399 e. The Balaban J connectivity index is 1.92. The Bertz CT molecular complexity index is 651. The molecular formula is C17H16N2. The Morgan fingerprint density at radius 1 is 0.789 bits per heavy atom. The Hall–Kier alpha value is -2.48. The van der Waals surface area contributed by atoms with E-state index in [0.717, 1.165) is 12.2 Å². The molecule has 0 spiro atoms. The van der Waals surface area contributed by atoms with Crippen LogP contribution in [-0.4, -0.2) is 4.57 Å². The molecule has 1 heterocycles. The molecule has 0 aliphatic rings. The molecule has 2 aromatic carbocycles. The predicted molar refractivity (Wildman–Crippen MR) is 79.8 cm³/mol. The molecule has 3 rings (SSSR count). The molecule has 2 heteroatoms. The highest BCUT2D eigenvalue weighted by Crippen LogP contribution is 2.22. The Kier molecular flexibility index (Phi) is 3.07. The van der Waals surface area contributed by atoms with Crippen molar-refractivity contribution in [3.63, 3.8) is 0 Å². The fourth-order valence-electron chi connectivity index (χ4n) is 2.25. The summed E-state index contributed by atoms with van der Waals surface area (Å²) in [5.41, 5.74) is 10.2. The first-order valence-electron chi connectivity index (χ1n) is 6.38. The first-order chi connectivity index (χ1) is 9.33. The van der Waals surface area contributed by atoms with Crippen molar-refractivity contribution in [2.45, 2.75) is 6.54 Å². The molecule has 0 bridgehead atoms. The summed E-state index contributed by atoms with van der Waals surface area (Å²) >= 11 is 0. The van der Waals surface area contributed by atoms with E-state index in [0.29, 0.717) is 0 Å². The predicted octanol–water partition coefficient (Wildman–Crippen LogP) is 3.79. The van der Waals surface area contributed by atoms with Gasteiger partial charge in [0.1, 0.15) is 0 Å². The van der Waals surface area contributed by atoms with Gasteiger partial charge >= 0.3 is 0 Å². The minimum atomic E-state index is 0.796. The summed E-state index contributed by atoms with van der Waals surface area (Å²) in [6.45, 7) is 0.882. The van der Waals surface area contributed by atoms with Gasteiger partial charge in [0.25, 0.3) is 0 Å². The van der Waals surface area contributed by atoms with Gasteiger partial charge in [-0.3, -0.25) is 0 Å². The van der Waals surface area contributed by atoms with E-state index in [1.54, 1.807) is 0 Å². The number of rotatable bonds is 3. The number of benzene rings is 2. The second-order valence-corrected chi connectivity index (χ2v) is 4.63. The van der Waals surface area contributed by atoms with Crippen LogP contribution >= 0.6 is 0 Å². The highest BCUT2D eigenvalue weighted by Gasteiger charge is 2.04. The van der Waals surface area contributed by atoms with Crippen LogP contribution in [-0.2, 0) is 6.54 Å². The zero-order valence-electron chi connectivity index (χ0n) is 10.7. The van der Waals surface area contributed by atoms with E-state index in [-0.39, 0.29) is 0 Å². The monoisotopic (exact) mass is 248 g/mol. The lowest BCUT2D eigenvalue weighted by atomic mass is 10.1. The van der Waals surface area contributed by atoms with E-state index in [1.807, 2.05) is 18.2 Å². The SMILES string of the molecule is Nc1ccc(-c2cccn2Cc2ccccc2)cc1. The van der Waals surface area contributed by atoms with Crippen LogP contribution in [0.1, 0.15) is 5.56 Å². The van der Waals surface area contributed by atoms with Crippen LogP contribution in [0.2, 0.25) is 0 Å². The van der Waals surface area contributed by atoms with Crippen LogP contribution in [0.3, 0.4) is 0 Å². The van der Waals surface area contributed by atoms with Gasteiger partial charge in [-0.05, 0) is 35.4 Å². The van der Waals surface area contributed by atoms with Crippen LogP contribution in [0.4, 0.5) is 5.69 Å². The van der Waals surface area contributed by atoms with Gasteiger partial charge in [-0.1, -0.05) is 42.5 Å². The summed E-state index contributed by atoms with van der Waals surface area (Å²) in [4.78, 5) is 0. The largest absolute Gasteiger partial charge is 0.399 e. The van der Waals surface area contributed by atoms with Crippen LogP contribution in [0.15, 0.2) is 72.9 Å². The van der Waals surface area contributed by atoms with Crippen molar-refractivity contribution in [3.05, 3.63) is 78.5 Å². The number of aromatic nitrogens is 1. The standard InChI is InChI=1S/C17H16N2/c18-16-10-8-15(9-11-16)17-7-4-12-19(17)13-14-5-2-1-3-6-14/h1-12H,13,18H2. The molecule has 0 unspecified atom stereocenters. The van der Waals surface area contributed by atoms with Crippen LogP contribution in [0.5, 0.6) is 0 Å². The van der Waals surface area contributed by atoms with Gasteiger partial charge in [-0.15, -0.1) is 0 Å². The van der Waals surface area contributed by atoms with Gasteiger partial charge < -0.3 is 10.3 Å². The molecule has 0 amide bonds.